The average molecular weight is 318 g/mol. The normalized spacial score (nSPS) is 12.0. The van der Waals surface area contributed by atoms with Crippen LogP contribution in [-0.2, 0) is 19.1 Å². The number of imidazole rings is 1. The molecule has 0 unspecified atom stereocenters. The van der Waals surface area contributed by atoms with Crippen molar-refractivity contribution in [3.05, 3.63) is 65.5 Å². The molecule has 0 radical (unpaired) electrons. The minimum absolute atomic E-state index is 0.402. The fourth-order valence-corrected chi connectivity index (χ4v) is 2.74. The van der Waals surface area contributed by atoms with Gasteiger partial charge in [0, 0.05) is 13.0 Å². The summed E-state index contributed by atoms with van der Waals surface area (Å²) < 4.78 is 40.7. The van der Waals surface area contributed by atoms with Gasteiger partial charge in [-0.1, -0.05) is 37.3 Å². The number of fused-ring (bicyclic) bond motifs is 1. The number of nitrogens with zero attached hydrogens (tertiary/aromatic N) is 2. The molecule has 3 aromatic rings. The molecular formula is C18H17F3N2. The monoisotopic (exact) mass is 318 g/mol. The predicted molar refractivity (Wildman–Crippen MR) is 84.3 cm³/mol. The molecule has 2 nitrogen and oxygen atoms in total. The lowest BCUT2D eigenvalue weighted by atomic mass is 10.1. The second kappa shape index (κ2) is 6.07. The fourth-order valence-electron chi connectivity index (χ4n) is 2.74. The standard InChI is InChI=1S/C18H17F3N2/c1-2-10-23-16-9-8-14(18(19,20)21)12-15(16)22-17(23)11-13-6-4-3-5-7-13/h3-9,12H,2,10-11H2,1H3. The van der Waals surface area contributed by atoms with Crippen molar-refractivity contribution in [3.63, 3.8) is 0 Å². The Hall–Kier alpha value is -2.30. The van der Waals surface area contributed by atoms with E-state index in [0.717, 1.165) is 42.0 Å². The molecule has 1 heterocycles. The number of benzene rings is 2. The molecule has 3 rings (SSSR count). The molecule has 0 fully saturated rings. The molecule has 0 saturated carbocycles. The lowest BCUT2D eigenvalue weighted by Crippen LogP contribution is -2.05. The maximum absolute atomic E-state index is 12.9. The minimum Gasteiger partial charge on any atom is -0.328 e. The highest BCUT2D eigenvalue weighted by Crippen LogP contribution is 2.31. The third-order valence-corrected chi connectivity index (χ3v) is 3.81. The van der Waals surface area contributed by atoms with Crippen molar-refractivity contribution in [2.75, 3.05) is 0 Å². The van der Waals surface area contributed by atoms with E-state index in [4.69, 9.17) is 0 Å². The molecule has 0 amide bonds. The molecule has 1 aromatic heterocycles. The van der Waals surface area contributed by atoms with Crippen LogP contribution in [0.1, 0.15) is 30.3 Å². The molecule has 0 bridgehead atoms. The van der Waals surface area contributed by atoms with E-state index in [0.29, 0.717) is 11.9 Å². The van der Waals surface area contributed by atoms with Gasteiger partial charge >= 0.3 is 6.18 Å². The van der Waals surface area contributed by atoms with E-state index in [9.17, 15) is 13.2 Å². The Bertz CT molecular complexity index is 804. The topological polar surface area (TPSA) is 17.8 Å². The van der Waals surface area contributed by atoms with Gasteiger partial charge in [-0.3, -0.25) is 0 Å². The zero-order valence-electron chi connectivity index (χ0n) is 12.8. The summed E-state index contributed by atoms with van der Waals surface area (Å²) in [5.74, 6) is 0.798. The Balaban J connectivity index is 2.07. The van der Waals surface area contributed by atoms with Gasteiger partial charge in [-0.05, 0) is 30.2 Å². The molecule has 0 atom stereocenters. The third-order valence-electron chi connectivity index (χ3n) is 3.81. The van der Waals surface area contributed by atoms with Gasteiger partial charge in [0.2, 0.25) is 0 Å². The first-order valence-electron chi connectivity index (χ1n) is 7.59. The molecule has 23 heavy (non-hydrogen) atoms. The maximum Gasteiger partial charge on any atom is 0.416 e. The van der Waals surface area contributed by atoms with E-state index < -0.39 is 11.7 Å². The highest BCUT2D eigenvalue weighted by Gasteiger charge is 2.31. The van der Waals surface area contributed by atoms with Crippen LogP contribution in [0.3, 0.4) is 0 Å². The summed E-state index contributed by atoms with van der Waals surface area (Å²) in [6, 6.07) is 13.6. The summed E-state index contributed by atoms with van der Waals surface area (Å²) in [5.41, 5.74) is 1.60. The van der Waals surface area contributed by atoms with Crippen molar-refractivity contribution in [1.82, 2.24) is 9.55 Å². The summed E-state index contributed by atoms with van der Waals surface area (Å²) in [6.45, 7) is 2.78. The van der Waals surface area contributed by atoms with Gasteiger partial charge in [0.25, 0.3) is 0 Å². The highest BCUT2D eigenvalue weighted by atomic mass is 19.4. The van der Waals surface area contributed by atoms with Gasteiger partial charge < -0.3 is 4.57 Å². The summed E-state index contributed by atoms with van der Waals surface area (Å²) in [7, 11) is 0. The van der Waals surface area contributed by atoms with Gasteiger partial charge in [0.1, 0.15) is 5.82 Å². The Morgan fingerprint density at radius 1 is 1.04 bits per heavy atom. The quantitative estimate of drug-likeness (QED) is 0.658. The SMILES string of the molecule is CCCn1c(Cc2ccccc2)nc2cc(C(F)(F)F)ccc21. The van der Waals surface area contributed by atoms with E-state index in [2.05, 4.69) is 4.98 Å². The number of alkyl halides is 3. The van der Waals surface area contributed by atoms with Gasteiger partial charge in [-0.15, -0.1) is 0 Å². The number of rotatable bonds is 4. The van der Waals surface area contributed by atoms with Crippen molar-refractivity contribution in [1.29, 1.82) is 0 Å². The zero-order chi connectivity index (χ0) is 16.4. The lowest BCUT2D eigenvalue weighted by Gasteiger charge is -2.09. The average Bonchev–Trinajstić information content (AvgIpc) is 2.85. The zero-order valence-corrected chi connectivity index (χ0v) is 12.8. The highest BCUT2D eigenvalue weighted by molar-refractivity contribution is 5.77. The number of hydrogen-bond acceptors (Lipinski definition) is 1. The van der Waals surface area contributed by atoms with E-state index in [1.807, 2.05) is 41.8 Å². The van der Waals surface area contributed by atoms with Crippen LogP contribution in [-0.4, -0.2) is 9.55 Å². The van der Waals surface area contributed by atoms with Gasteiger partial charge in [-0.2, -0.15) is 13.2 Å². The van der Waals surface area contributed by atoms with E-state index in [1.165, 1.54) is 6.07 Å². The molecule has 5 heteroatoms. The lowest BCUT2D eigenvalue weighted by molar-refractivity contribution is -0.137. The molecule has 0 aliphatic heterocycles. The smallest absolute Gasteiger partial charge is 0.328 e. The first-order chi connectivity index (χ1) is 11.0. The van der Waals surface area contributed by atoms with Gasteiger partial charge in [0.15, 0.2) is 0 Å². The van der Waals surface area contributed by atoms with Gasteiger partial charge in [-0.25, -0.2) is 4.98 Å². The van der Waals surface area contributed by atoms with Crippen molar-refractivity contribution in [2.24, 2.45) is 0 Å². The van der Waals surface area contributed by atoms with Gasteiger partial charge in [0.05, 0.1) is 16.6 Å². The van der Waals surface area contributed by atoms with Crippen LogP contribution < -0.4 is 0 Å². The van der Waals surface area contributed by atoms with Crippen LogP contribution >= 0.6 is 0 Å². The van der Waals surface area contributed by atoms with Crippen LogP contribution in [0.25, 0.3) is 11.0 Å². The molecule has 0 aliphatic rings. The summed E-state index contributed by atoms with van der Waals surface area (Å²) >= 11 is 0. The fraction of sp³-hybridized carbons (Fsp3) is 0.278. The van der Waals surface area contributed by atoms with Crippen LogP contribution in [0.15, 0.2) is 48.5 Å². The largest absolute Gasteiger partial charge is 0.416 e. The third kappa shape index (κ3) is 3.23. The van der Waals surface area contributed by atoms with Crippen molar-refractivity contribution >= 4 is 11.0 Å². The van der Waals surface area contributed by atoms with Crippen LogP contribution in [0.2, 0.25) is 0 Å². The Morgan fingerprint density at radius 2 is 1.78 bits per heavy atom. The summed E-state index contributed by atoms with van der Waals surface area (Å²) in [5, 5.41) is 0. The van der Waals surface area contributed by atoms with Crippen molar-refractivity contribution in [2.45, 2.75) is 32.5 Å². The molecule has 0 aliphatic carbocycles. The maximum atomic E-state index is 12.9. The molecule has 0 N–H and O–H groups in total. The van der Waals surface area contributed by atoms with Crippen LogP contribution in [0.4, 0.5) is 13.2 Å². The van der Waals surface area contributed by atoms with Crippen LogP contribution in [0.5, 0.6) is 0 Å². The molecular weight excluding hydrogens is 301 g/mol. The Morgan fingerprint density at radius 3 is 2.43 bits per heavy atom. The number of halogens is 3. The summed E-state index contributed by atoms with van der Waals surface area (Å²) in [4.78, 5) is 4.46. The van der Waals surface area contributed by atoms with Crippen molar-refractivity contribution in [3.8, 4) is 0 Å². The number of aryl methyl sites for hydroxylation is 1. The first kappa shape index (κ1) is 15.6. The molecule has 0 saturated heterocycles. The molecule has 0 spiro atoms. The van der Waals surface area contributed by atoms with E-state index >= 15 is 0 Å². The second-order valence-electron chi connectivity index (χ2n) is 5.54. The Labute approximate surface area is 132 Å². The summed E-state index contributed by atoms with van der Waals surface area (Å²) in [6.07, 6.45) is -2.84. The first-order valence-corrected chi connectivity index (χ1v) is 7.59. The number of hydrogen-bond donors (Lipinski definition) is 0. The van der Waals surface area contributed by atoms with Crippen molar-refractivity contribution < 1.29 is 13.2 Å². The van der Waals surface area contributed by atoms with Crippen LogP contribution in [0, 0.1) is 0 Å². The van der Waals surface area contributed by atoms with E-state index in [-0.39, 0.29) is 0 Å². The second-order valence-corrected chi connectivity index (χ2v) is 5.54. The molecule has 120 valence electrons. The predicted octanol–water partition coefficient (Wildman–Crippen LogP) is 5.06. The number of aromatic nitrogens is 2. The molecule has 2 aromatic carbocycles. The minimum atomic E-state index is -4.34. The van der Waals surface area contributed by atoms with E-state index in [1.54, 1.807) is 0 Å². The Kier molecular flexibility index (Phi) is 4.11.